The van der Waals surface area contributed by atoms with E-state index in [1.165, 1.54) is 7.11 Å². The number of carbonyl (C=O) groups excluding carboxylic acids is 2. The fraction of sp³-hybridized carbons (Fsp3) is 0.429. The monoisotopic (exact) mass is 401 g/mol. The summed E-state index contributed by atoms with van der Waals surface area (Å²) in [5.74, 6) is -1.89. The number of hydrogen-bond donors (Lipinski definition) is 2. The smallest absolute Gasteiger partial charge is 0.337 e. The summed E-state index contributed by atoms with van der Waals surface area (Å²) in [4.78, 5) is 36.8. The molecule has 1 aromatic carbocycles. The van der Waals surface area contributed by atoms with Crippen LogP contribution in [0.3, 0.4) is 0 Å². The number of carbonyl (C=O) groups is 2. The van der Waals surface area contributed by atoms with Gasteiger partial charge in [-0.15, -0.1) is 4.91 Å². The summed E-state index contributed by atoms with van der Waals surface area (Å²) in [7, 11) is 3.05. The zero-order valence-corrected chi connectivity index (χ0v) is 17.6. The van der Waals surface area contributed by atoms with Gasteiger partial charge in [-0.3, -0.25) is 0 Å². The van der Waals surface area contributed by atoms with Crippen molar-refractivity contribution in [3.05, 3.63) is 57.3 Å². The fourth-order valence-corrected chi connectivity index (χ4v) is 3.51. The predicted octanol–water partition coefficient (Wildman–Crippen LogP) is 3.03. The van der Waals surface area contributed by atoms with Crippen molar-refractivity contribution in [3.63, 3.8) is 0 Å². The Kier molecular flexibility index (Phi) is 6.92. The van der Waals surface area contributed by atoms with E-state index >= 15 is 0 Å². The number of rotatable bonds is 7. The molecule has 1 aromatic rings. The molecule has 1 aliphatic rings. The Morgan fingerprint density at radius 3 is 2.34 bits per heavy atom. The van der Waals surface area contributed by atoms with Crippen LogP contribution in [-0.4, -0.2) is 38.2 Å². The van der Waals surface area contributed by atoms with Gasteiger partial charge in [-0.1, -0.05) is 12.1 Å². The lowest BCUT2D eigenvalue weighted by Gasteiger charge is -2.32. The maximum absolute atomic E-state index is 13.2. The molecule has 8 heteroatoms. The van der Waals surface area contributed by atoms with Gasteiger partial charge >= 0.3 is 11.9 Å². The third-order valence-corrected chi connectivity index (χ3v) is 4.67. The number of allylic oxidation sites excluding steroid dienone is 2. The first-order valence-corrected chi connectivity index (χ1v) is 9.23. The Hall–Kier alpha value is -3.00. The van der Waals surface area contributed by atoms with E-state index in [9.17, 15) is 14.5 Å². The summed E-state index contributed by atoms with van der Waals surface area (Å²) in [6.45, 7) is 7.52. The summed E-state index contributed by atoms with van der Waals surface area (Å²) in [5.41, 5.74) is 1.69. The number of nitrogens with one attached hydrogen (secondary N) is 2. The van der Waals surface area contributed by atoms with Crippen LogP contribution >= 0.6 is 0 Å². The first-order valence-electron chi connectivity index (χ1n) is 9.23. The maximum Gasteiger partial charge on any atom is 0.337 e. The second-order valence-corrected chi connectivity index (χ2v) is 7.49. The molecule has 0 bridgehead atoms. The highest BCUT2D eigenvalue weighted by atomic mass is 16.6. The summed E-state index contributed by atoms with van der Waals surface area (Å²) in [6, 6.07) is 6.50. The molecule has 0 spiro atoms. The van der Waals surface area contributed by atoms with Gasteiger partial charge < -0.3 is 20.1 Å². The minimum atomic E-state index is -0.766. The van der Waals surface area contributed by atoms with Crippen molar-refractivity contribution in [2.45, 2.75) is 39.2 Å². The lowest BCUT2D eigenvalue weighted by atomic mass is 9.80. The third kappa shape index (κ3) is 4.89. The van der Waals surface area contributed by atoms with E-state index in [1.54, 1.807) is 59.0 Å². The molecule has 1 atom stereocenters. The molecule has 0 saturated heterocycles. The minimum Gasteiger partial charge on any atom is -0.466 e. The van der Waals surface area contributed by atoms with Crippen molar-refractivity contribution in [1.82, 2.24) is 10.6 Å². The van der Waals surface area contributed by atoms with Gasteiger partial charge in [0.15, 0.2) is 0 Å². The average Bonchev–Trinajstić information content (AvgIpc) is 2.66. The fourth-order valence-electron chi connectivity index (χ4n) is 3.51. The molecule has 8 nitrogen and oxygen atoms in total. The molecule has 0 aromatic heterocycles. The van der Waals surface area contributed by atoms with Gasteiger partial charge in [-0.05, 0) is 57.6 Å². The third-order valence-electron chi connectivity index (χ3n) is 4.67. The Labute approximate surface area is 170 Å². The zero-order valence-electron chi connectivity index (χ0n) is 17.6. The lowest BCUT2D eigenvalue weighted by molar-refractivity contribution is -0.151. The van der Waals surface area contributed by atoms with Crippen LogP contribution in [0.2, 0.25) is 0 Å². The summed E-state index contributed by atoms with van der Waals surface area (Å²) < 4.78 is 10.7. The molecule has 1 heterocycles. The molecule has 156 valence electrons. The molecular formula is C21H27N3O5. The first-order chi connectivity index (χ1) is 13.6. The lowest BCUT2D eigenvalue weighted by Crippen LogP contribution is -2.40. The van der Waals surface area contributed by atoms with Crippen LogP contribution in [-0.2, 0) is 19.1 Å². The molecule has 0 saturated carbocycles. The molecule has 29 heavy (non-hydrogen) atoms. The summed E-state index contributed by atoms with van der Waals surface area (Å²) in [6.07, 6.45) is 0. The number of esters is 2. The van der Waals surface area contributed by atoms with E-state index in [4.69, 9.17) is 9.47 Å². The second kappa shape index (κ2) is 9.00. The quantitative estimate of drug-likeness (QED) is 0.534. The highest BCUT2D eigenvalue weighted by molar-refractivity contribution is 6.00. The highest BCUT2D eigenvalue weighted by Gasteiger charge is 2.39. The average molecular weight is 401 g/mol. The van der Waals surface area contributed by atoms with Crippen LogP contribution in [0.4, 0.5) is 5.69 Å². The van der Waals surface area contributed by atoms with Crippen LogP contribution in [0.15, 0.2) is 52.0 Å². The number of nitrogens with zero attached hydrogens (tertiary/aromatic N) is 1. The maximum atomic E-state index is 13.2. The van der Waals surface area contributed by atoms with Gasteiger partial charge in [0.25, 0.3) is 0 Å². The van der Waals surface area contributed by atoms with Crippen LogP contribution in [0.1, 0.15) is 39.2 Å². The van der Waals surface area contributed by atoms with Crippen molar-refractivity contribution in [1.29, 1.82) is 0 Å². The molecular weight excluding hydrogens is 374 g/mol. The highest BCUT2D eigenvalue weighted by Crippen LogP contribution is 2.40. The number of nitroso groups, excluding NO2 is 1. The molecule has 0 aliphatic carbocycles. The summed E-state index contributed by atoms with van der Waals surface area (Å²) >= 11 is 0. The summed E-state index contributed by atoms with van der Waals surface area (Å²) in [5, 5.41) is 9.04. The van der Waals surface area contributed by atoms with Crippen molar-refractivity contribution in [2.75, 3.05) is 20.7 Å². The first kappa shape index (κ1) is 22.3. The molecule has 1 unspecified atom stereocenters. The molecule has 2 N–H and O–H groups in total. The molecule has 0 fully saturated rings. The van der Waals surface area contributed by atoms with Crippen LogP contribution in [0, 0.1) is 4.91 Å². The predicted molar refractivity (Wildman–Crippen MR) is 109 cm³/mol. The topological polar surface area (TPSA) is 106 Å². The zero-order chi connectivity index (χ0) is 21.8. The minimum absolute atomic E-state index is 0.198. The standard InChI is InChI=1S/C21H27N3O5/c1-12-16(19(25)28-6)18(14-8-7-9-15(10-14)24-27)17(13(2)23-12)20(26)29-21(3,4)11-22-5/h7-10,18,22-23H,11H2,1-6H3. The van der Waals surface area contributed by atoms with Gasteiger partial charge in [0, 0.05) is 17.9 Å². The SMILES string of the molecule is CNCC(C)(C)OC(=O)C1=C(C)NC(C)=C(C(=O)OC)C1c1cccc(N=O)c1. The van der Waals surface area contributed by atoms with Crippen molar-refractivity contribution < 1.29 is 19.1 Å². The number of benzene rings is 1. The van der Waals surface area contributed by atoms with Gasteiger partial charge in [-0.25, -0.2) is 9.59 Å². The Morgan fingerprint density at radius 1 is 1.17 bits per heavy atom. The van der Waals surface area contributed by atoms with Crippen LogP contribution in [0.5, 0.6) is 0 Å². The van der Waals surface area contributed by atoms with E-state index in [0.29, 0.717) is 23.5 Å². The number of dihydropyridines is 1. The van der Waals surface area contributed by atoms with Crippen LogP contribution < -0.4 is 10.6 Å². The number of likely N-dealkylation sites (N-methyl/N-ethyl adjacent to an activating group) is 1. The van der Waals surface area contributed by atoms with E-state index < -0.39 is 23.5 Å². The van der Waals surface area contributed by atoms with Crippen molar-refractivity contribution in [2.24, 2.45) is 5.18 Å². The van der Waals surface area contributed by atoms with E-state index in [-0.39, 0.29) is 16.8 Å². The van der Waals surface area contributed by atoms with E-state index in [1.807, 2.05) is 0 Å². The normalized spacial score (nSPS) is 17.0. The van der Waals surface area contributed by atoms with Gasteiger partial charge in [-0.2, -0.15) is 0 Å². The number of hydrogen-bond acceptors (Lipinski definition) is 8. The Bertz CT molecular complexity index is 886. The molecule has 0 radical (unpaired) electrons. The Balaban J connectivity index is 2.62. The van der Waals surface area contributed by atoms with Gasteiger partial charge in [0.2, 0.25) is 0 Å². The van der Waals surface area contributed by atoms with E-state index in [0.717, 1.165) is 0 Å². The van der Waals surface area contributed by atoms with E-state index in [2.05, 4.69) is 15.8 Å². The van der Waals surface area contributed by atoms with Crippen LogP contribution in [0.25, 0.3) is 0 Å². The van der Waals surface area contributed by atoms with Gasteiger partial charge in [0.1, 0.15) is 11.3 Å². The second-order valence-electron chi connectivity index (χ2n) is 7.49. The van der Waals surface area contributed by atoms with Crippen molar-refractivity contribution in [3.8, 4) is 0 Å². The molecule has 1 aliphatic heterocycles. The number of ether oxygens (including phenoxy) is 2. The molecule has 2 rings (SSSR count). The van der Waals surface area contributed by atoms with Crippen molar-refractivity contribution >= 4 is 17.6 Å². The Morgan fingerprint density at radius 2 is 1.79 bits per heavy atom. The number of methoxy groups -OCH3 is 1. The largest absolute Gasteiger partial charge is 0.466 e. The molecule has 0 amide bonds. The van der Waals surface area contributed by atoms with Gasteiger partial charge in [0.05, 0.1) is 24.2 Å².